The minimum absolute atomic E-state index is 0.0141. The van der Waals surface area contributed by atoms with Crippen LogP contribution in [0.25, 0.3) is 0 Å². The monoisotopic (exact) mass is 441 g/mol. The molecule has 3 aromatic carbocycles. The molecule has 0 unspecified atom stereocenters. The lowest BCUT2D eigenvalue weighted by molar-refractivity contribution is -0.121. The predicted octanol–water partition coefficient (Wildman–Crippen LogP) is 4.10. The van der Waals surface area contributed by atoms with Gasteiger partial charge in [-0.2, -0.15) is 0 Å². The molecule has 162 valence electrons. The average molecular weight is 442 g/mol. The molecule has 0 fully saturated rings. The molecule has 0 spiro atoms. The van der Waals surface area contributed by atoms with Gasteiger partial charge in [0.05, 0.1) is 16.3 Å². The topological polar surface area (TPSA) is 69.7 Å². The summed E-state index contributed by atoms with van der Waals surface area (Å²) in [6, 6.07) is 23.5. The normalized spacial score (nSPS) is 11.3. The van der Waals surface area contributed by atoms with Gasteiger partial charge in [0.25, 0.3) is 0 Å². The van der Waals surface area contributed by atoms with Gasteiger partial charge in [-0.1, -0.05) is 36.4 Å². The van der Waals surface area contributed by atoms with Crippen molar-refractivity contribution in [2.45, 2.75) is 17.7 Å². The second-order valence-electron chi connectivity index (χ2n) is 6.93. The van der Waals surface area contributed by atoms with E-state index in [-0.39, 0.29) is 23.8 Å². The molecule has 0 aliphatic rings. The van der Waals surface area contributed by atoms with Crippen LogP contribution in [0, 0.1) is 5.82 Å². The van der Waals surface area contributed by atoms with Gasteiger partial charge in [0.1, 0.15) is 5.82 Å². The van der Waals surface area contributed by atoms with E-state index in [0.29, 0.717) is 6.42 Å². The summed E-state index contributed by atoms with van der Waals surface area (Å²) in [5.74, 6) is -0.736. The number of benzene rings is 3. The van der Waals surface area contributed by atoms with Gasteiger partial charge in [-0.15, -0.1) is 0 Å². The first-order chi connectivity index (χ1) is 14.9. The SMILES string of the molecule is CN(CCCC(=O)NN(c1ccccc1)c1ccccc1)S(=O)(=O)c1ccc(F)cc1. The molecule has 3 rings (SSSR count). The Hall–Kier alpha value is -3.23. The molecule has 0 saturated heterocycles. The van der Waals surface area contributed by atoms with E-state index >= 15 is 0 Å². The highest BCUT2D eigenvalue weighted by Crippen LogP contribution is 2.22. The highest BCUT2D eigenvalue weighted by molar-refractivity contribution is 7.89. The van der Waals surface area contributed by atoms with Gasteiger partial charge in [0.2, 0.25) is 15.9 Å². The minimum Gasteiger partial charge on any atom is -0.273 e. The summed E-state index contributed by atoms with van der Waals surface area (Å²) in [4.78, 5) is 12.6. The molecule has 0 atom stereocenters. The Balaban J connectivity index is 1.60. The van der Waals surface area contributed by atoms with E-state index in [1.165, 1.54) is 23.5 Å². The van der Waals surface area contributed by atoms with Crippen LogP contribution < -0.4 is 10.4 Å². The van der Waals surface area contributed by atoms with Gasteiger partial charge in [-0.25, -0.2) is 17.1 Å². The zero-order valence-electron chi connectivity index (χ0n) is 17.1. The van der Waals surface area contributed by atoms with Gasteiger partial charge in [0, 0.05) is 20.0 Å². The highest BCUT2D eigenvalue weighted by atomic mass is 32.2. The molecule has 0 radical (unpaired) electrons. The third-order valence-corrected chi connectivity index (χ3v) is 6.54. The van der Waals surface area contributed by atoms with Gasteiger partial charge in [0.15, 0.2) is 0 Å². The van der Waals surface area contributed by atoms with Crippen molar-refractivity contribution in [1.29, 1.82) is 0 Å². The van der Waals surface area contributed by atoms with Crippen molar-refractivity contribution in [1.82, 2.24) is 9.73 Å². The lowest BCUT2D eigenvalue weighted by Crippen LogP contribution is -2.39. The summed E-state index contributed by atoms with van der Waals surface area (Å²) < 4.78 is 39.3. The van der Waals surface area contributed by atoms with E-state index in [2.05, 4.69) is 5.43 Å². The molecule has 0 aliphatic carbocycles. The van der Waals surface area contributed by atoms with Gasteiger partial charge in [-0.3, -0.25) is 15.2 Å². The number of nitrogens with one attached hydrogen (secondary N) is 1. The summed E-state index contributed by atoms with van der Waals surface area (Å²) >= 11 is 0. The van der Waals surface area contributed by atoms with E-state index in [9.17, 15) is 17.6 Å². The Morgan fingerprint density at radius 2 is 1.39 bits per heavy atom. The second-order valence-corrected chi connectivity index (χ2v) is 8.97. The van der Waals surface area contributed by atoms with Crippen LogP contribution >= 0.6 is 0 Å². The lowest BCUT2D eigenvalue weighted by Gasteiger charge is -2.25. The number of nitrogens with zero attached hydrogens (tertiary/aromatic N) is 2. The van der Waals surface area contributed by atoms with Crippen molar-refractivity contribution >= 4 is 27.3 Å². The fourth-order valence-electron chi connectivity index (χ4n) is 2.98. The maximum absolute atomic E-state index is 13.1. The number of anilines is 2. The summed E-state index contributed by atoms with van der Waals surface area (Å²) in [5.41, 5.74) is 4.49. The number of amides is 1. The fourth-order valence-corrected chi connectivity index (χ4v) is 4.19. The molecule has 1 amide bonds. The zero-order valence-corrected chi connectivity index (χ0v) is 17.9. The van der Waals surface area contributed by atoms with Gasteiger partial charge in [-0.05, 0) is 55.0 Å². The van der Waals surface area contributed by atoms with Crippen LogP contribution in [0.4, 0.5) is 15.8 Å². The van der Waals surface area contributed by atoms with E-state index in [1.807, 2.05) is 60.7 Å². The van der Waals surface area contributed by atoms with Crippen molar-refractivity contribution in [3.05, 3.63) is 90.7 Å². The van der Waals surface area contributed by atoms with Crippen molar-refractivity contribution in [3.8, 4) is 0 Å². The molecule has 0 saturated carbocycles. The lowest BCUT2D eigenvalue weighted by atomic mass is 10.2. The van der Waals surface area contributed by atoms with Crippen molar-refractivity contribution in [2.75, 3.05) is 18.6 Å². The number of hydrogen-bond donors (Lipinski definition) is 1. The van der Waals surface area contributed by atoms with Crippen molar-refractivity contribution < 1.29 is 17.6 Å². The molecule has 8 heteroatoms. The molecule has 0 bridgehead atoms. The molecule has 0 heterocycles. The summed E-state index contributed by atoms with van der Waals surface area (Å²) in [7, 11) is -2.30. The molecule has 31 heavy (non-hydrogen) atoms. The van der Waals surface area contributed by atoms with E-state index in [4.69, 9.17) is 0 Å². The average Bonchev–Trinajstić information content (AvgIpc) is 2.79. The maximum Gasteiger partial charge on any atom is 0.242 e. The third kappa shape index (κ3) is 5.90. The molecular formula is C23H24FN3O3S. The zero-order chi connectivity index (χ0) is 22.3. The number of rotatable bonds is 9. The number of para-hydroxylation sites is 2. The highest BCUT2D eigenvalue weighted by Gasteiger charge is 2.21. The van der Waals surface area contributed by atoms with E-state index < -0.39 is 15.8 Å². The Labute approximate surface area is 181 Å². The van der Waals surface area contributed by atoms with E-state index in [1.54, 1.807) is 5.01 Å². The van der Waals surface area contributed by atoms with Crippen LogP contribution in [0.1, 0.15) is 12.8 Å². The first-order valence-electron chi connectivity index (χ1n) is 9.79. The largest absolute Gasteiger partial charge is 0.273 e. The van der Waals surface area contributed by atoms with E-state index in [0.717, 1.165) is 23.5 Å². The molecule has 3 aromatic rings. The molecule has 0 aliphatic heterocycles. The number of hydrazine groups is 1. The first-order valence-corrected chi connectivity index (χ1v) is 11.2. The Bertz CT molecular complexity index is 1050. The smallest absolute Gasteiger partial charge is 0.242 e. The van der Waals surface area contributed by atoms with Crippen LogP contribution in [-0.4, -0.2) is 32.2 Å². The summed E-state index contributed by atoms with van der Waals surface area (Å²) in [6.45, 7) is 0.157. The Morgan fingerprint density at radius 3 is 1.90 bits per heavy atom. The van der Waals surface area contributed by atoms with Crippen LogP contribution in [0.3, 0.4) is 0 Å². The third-order valence-electron chi connectivity index (χ3n) is 4.66. The van der Waals surface area contributed by atoms with Gasteiger partial charge >= 0.3 is 0 Å². The van der Waals surface area contributed by atoms with Crippen LogP contribution in [0.15, 0.2) is 89.8 Å². The predicted molar refractivity (Wildman–Crippen MR) is 119 cm³/mol. The van der Waals surface area contributed by atoms with Gasteiger partial charge < -0.3 is 0 Å². The minimum atomic E-state index is -3.74. The molecule has 0 aromatic heterocycles. The van der Waals surface area contributed by atoms with Crippen LogP contribution in [-0.2, 0) is 14.8 Å². The Morgan fingerprint density at radius 1 is 0.871 bits per heavy atom. The molecule has 6 nitrogen and oxygen atoms in total. The molecule has 1 N–H and O–H groups in total. The van der Waals surface area contributed by atoms with Crippen molar-refractivity contribution in [3.63, 3.8) is 0 Å². The summed E-state index contributed by atoms with van der Waals surface area (Å²) in [5, 5.41) is 1.70. The number of halogens is 1. The summed E-state index contributed by atoms with van der Waals surface area (Å²) in [6.07, 6.45) is 0.472. The van der Waals surface area contributed by atoms with Crippen molar-refractivity contribution in [2.24, 2.45) is 0 Å². The molecular weight excluding hydrogens is 417 g/mol. The Kier molecular flexibility index (Phi) is 7.38. The first kappa shape index (κ1) is 22.5. The van der Waals surface area contributed by atoms with Crippen LogP contribution in [0.5, 0.6) is 0 Å². The standard InChI is InChI=1S/C23H24FN3O3S/c1-26(31(29,30)22-16-14-19(24)15-17-22)18-8-13-23(28)25-27(20-9-4-2-5-10-20)21-11-6-3-7-12-21/h2-7,9-12,14-17H,8,13,18H2,1H3,(H,25,28). The quantitative estimate of drug-likeness (QED) is 0.508. The number of hydrogen-bond acceptors (Lipinski definition) is 4. The van der Waals surface area contributed by atoms with Crippen LogP contribution in [0.2, 0.25) is 0 Å². The second kappa shape index (κ2) is 10.2. The fraction of sp³-hybridized carbons (Fsp3) is 0.174. The number of carbonyl (C=O) groups is 1. The number of carbonyl (C=O) groups excluding carboxylic acids is 1. The maximum atomic E-state index is 13.1. The number of sulfonamides is 1.